The summed E-state index contributed by atoms with van der Waals surface area (Å²) in [7, 11) is -2.14. The number of carbonyl (C=O) groups excluding carboxylic acids is 1. The molecular weight excluding hydrogens is 440 g/mol. The minimum Gasteiger partial charge on any atom is -0.497 e. The summed E-state index contributed by atoms with van der Waals surface area (Å²) in [6.45, 7) is 3.40. The molecule has 8 heteroatoms. The highest BCUT2D eigenvalue weighted by molar-refractivity contribution is 7.92. The van der Waals surface area contributed by atoms with Gasteiger partial charge >= 0.3 is 0 Å². The van der Waals surface area contributed by atoms with E-state index in [4.69, 9.17) is 9.47 Å². The van der Waals surface area contributed by atoms with E-state index in [1.165, 1.54) is 0 Å². The van der Waals surface area contributed by atoms with Gasteiger partial charge in [0.2, 0.25) is 15.9 Å². The van der Waals surface area contributed by atoms with Crippen molar-refractivity contribution in [2.75, 3.05) is 17.7 Å². The van der Waals surface area contributed by atoms with Crippen LogP contribution >= 0.6 is 0 Å². The fourth-order valence-electron chi connectivity index (χ4n) is 3.40. The van der Waals surface area contributed by atoms with E-state index in [-0.39, 0.29) is 6.04 Å². The summed E-state index contributed by atoms with van der Waals surface area (Å²) in [5.74, 6) is 1.54. The third kappa shape index (κ3) is 6.26. The van der Waals surface area contributed by atoms with Crippen molar-refractivity contribution in [3.63, 3.8) is 0 Å². The summed E-state index contributed by atoms with van der Waals surface area (Å²) in [4.78, 5) is 13.0. The van der Waals surface area contributed by atoms with E-state index in [1.807, 2.05) is 61.5 Å². The fraction of sp³-hybridized carbons (Fsp3) is 0.240. The van der Waals surface area contributed by atoms with E-state index in [9.17, 15) is 13.2 Å². The van der Waals surface area contributed by atoms with E-state index in [1.54, 1.807) is 38.3 Å². The third-order valence-corrected chi connectivity index (χ3v) is 6.37. The second-order valence-corrected chi connectivity index (χ2v) is 9.51. The first-order valence-electron chi connectivity index (χ1n) is 10.5. The Kier molecular flexibility index (Phi) is 7.60. The molecule has 0 saturated carbocycles. The van der Waals surface area contributed by atoms with Crippen LogP contribution < -0.4 is 19.1 Å². The Hall–Kier alpha value is -3.52. The average Bonchev–Trinajstić information content (AvgIpc) is 2.80. The smallest absolute Gasteiger partial charge is 0.244 e. The van der Waals surface area contributed by atoms with Gasteiger partial charge in [0, 0.05) is 0 Å². The number of amides is 1. The second-order valence-electron chi connectivity index (χ2n) is 7.65. The summed E-state index contributed by atoms with van der Waals surface area (Å²) >= 11 is 0. The summed E-state index contributed by atoms with van der Waals surface area (Å²) in [6.07, 6.45) is 1.08. The van der Waals surface area contributed by atoms with Crippen molar-refractivity contribution in [1.82, 2.24) is 5.32 Å². The molecule has 174 valence electrons. The number of hydrogen-bond donors (Lipinski definition) is 1. The summed E-state index contributed by atoms with van der Waals surface area (Å²) < 4.78 is 37.2. The summed E-state index contributed by atoms with van der Waals surface area (Å²) in [5, 5.41) is 2.89. The maximum absolute atomic E-state index is 13.0. The molecule has 0 aliphatic heterocycles. The van der Waals surface area contributed by atoms with Gasteiger partial charge in [-0.1, -0.05) is 30.3 Å². The van der Waals surface area contributed by atoms with E-state index >= 15 is 0 Å². The van der Waals surface area contributed by atoms with Gasteiger partial charge in [-0.2, -0.15) is 0 Å². The van der Waals surface area contributed by atoms with Gasteiger partial charge < -0.3 is 14.8 Å². The Morgan fingerprint density at radius 3 is 1.94 bits per heavy atom. The molecule has 2 atom stereocenters. The van der Waals surface area contributed by atoms with Crippen LogP contribution in [0.15, 0.2) is 78.9 Å². The number of carbonyl (C=O) groups is 1. The van der Waals surface area contributed by atoms with Crippen LogP contribution in [0.5, 0.6) is 17.2 Å². The Morgan fingerprint density at radius 1 is 0.848 bits per heavy atom. The number of sulfonamides is 1. The number of methoxy groups -OCH3 is 1. The molecule has 0 fully saturated rings. The van der Waals surface area contributed by atoms with Crippen molar-refractivity contribution >= 4 is 21.6 Å². The monoisotopic (exact) mass is 468 g/mol. The standard InChI is InChI=1S/C25H28N2O5S/c1-18(20-10-14-22(31-3)15-11-20)26-25(28)19(2)27(33(4,29)30)21-12-16-24(17-13-21)32-23-8-6-5-7-9-23/h5-19H,1-4H3,(H,26,28)/t18-,19+/m0/s1. The van der Waals surface area contributed by atoms with Gasteiger partial charge in [0.1, 0.15) is 23.3 Å². The minimum atomic E-state index is -3.73. The molecule has 3 aromatic carbocycles. The first kappa shape index (κ1) is 24.1. The molecule has 0 aromatic heterocycles. The third-order valence-electron chi connectivity index (χ3n) is 5.13. The molecule has 0 heterocycles. The van der Waals surface area contributed by atoms with Gasteiger partial charge in [-0.3, -0.25) is 9.10 Å². The van der Waals surface area contributed by atoms with Gasteiger partial charge in [-0.15, -0.1) is 0 Å². The number of hydrogen-bond acceptors (Lipinski definition) is 5. The van der Waals surface area contributed by atoms with Crippen molar-refractivity contribution < 1.29 is 22.7 Å². The number of benzene rings is 3. The van der Waals surface area contributed by atoms with Crippen LogP contribution in [-0.4, -0.2) is 33.7 Å². The molecule has 0 bridgehead atoms. The maximum Gasteiger partial charge on any atom is 0.244 e. The van der Waals surface area contributed by atoms with Crippen LogP contribution in [0, 0.1) is 0 Å². The molecule has 0 saturated heterocycles. The summed E-state index contributed by atoms with van der Waals surface area (Å²) in [5.41, 5.74) is 1.25. The number of para-hydroxylation sites is 1. The molecule has 3 rings (SSSR count). The summed E-state index contributed by atoms with van der Waals surface area (Å²) in [6, 6.07) is 21.9. The zero-order valence-electron chi connectivity index (χ0n) is 19.1. The highest BCUT2D eigenvalue weighted by atomic mass is 32.2. The molecule has 1 N–H and O–H groups in total. The molecule has 1 amide bonds. The molecular formula is C25H28N2O5S. The van der Waals surface area contributed by atoms with Crippen LogP contribution in [0.2, 0.25) is 0 Å². The normalized spacial score (nSPS) is 13.0. The minimum absolute atomic E-state index is 0.311. The van der Waals surface area contributed by atoms with Gasteiger partial charge in [0.15, 0.2) is 0 Å². The Morgan fingerprint density at radius 2 is 1.39 bits per heavy atom. The van der Waals surface area contributed by atoms with E-state index < -0.39 is 22.0 Å². The van der Waals surface area contributed by atoms with Crippen LogP contribution in [0.3, 0.4) is 0 Å². The number of nitrogens with one attached hydrogen (secondary N) is 1. The molecule has 3 aromatic rings. The number of rotatable bonds is 9. The van der Waals surface area contributed by atoms with Crippen LogP contribution in [0.1, 0.15) is 25.5 Å². The van der Waals surface area contributed by atoms with Crippen molar-refractivity contribution in [3.8, 4) is 17.2 Å². The van der Waals surface area contributed by atoms with Gasteiger partial charge in [-0.05, 0) is 67.9 Å². The Bertz CT molecular complexity index is 1160. The highest BCUT2D eigenvalue weighted by Crippen LogP contribution is 2.27. The molecule has 7 nitrogen and oxygen atoms in total. The van der Waals surface area contributed by atoms with Gasteiger partial charge in [-0.25, -0.2) is 8.42 Å². The quantitative estimate of drug-likeness (QED) is 0.499. The number of nitrogens with zero attached hydrogens (tertiary/aromatic N) is 1. The largest absolute Gasteiger partial charge is 0.497 e. The molecule has 0 aliphatic carbocycles. The number of ether oxygens (including phenoxy) is 2. The average molecular weight is 469 g/mol. The van der Waals surface area contributed by atoms with Gasteiger partial charge in [0.05, 0.1) is 25.1 Å². The molecule has 0 unspecified atom stereocenters. The predicted octanol–water partition coefficient (Wildman–Crippen LogP) is 4.52. The van der Waals surface area contributed by atoms with E-state index in [0.717, 1.165) is 16.1 Å². The lowest BCUT2D eigenvalue weighted by molar-refractivity contribution is -0.122. The Labute approximate surface area is 195 Å². The lowest BCUT2D eigenvalue weighted by atomic mass is 10.1. The molecule has 0 aliphatic rings. The van der Waals surface area contributed by atoms with Crippen molar-refractivity contribution in [3.05, 3.63) is 84.4 Å². The zero-order chi connectivity index (χ0) is 24.0. The highest BCUT2D eigenvalue weighted by Gasteiger charge is 2.30. The Balaban J connectivity index is 1.75. The molecule has 0 spiro atoms. The zero-order valence-corrected chi connectivity index (χ0v) is 19.9. The molecule has 0 radical (unpaired) electrons. The lowest BCUT2D eigenvalue weighted by Gasteiger charge is -2.29. The van der Waals surface area contributed by atoms with Crippen LogP contribution in [0.4, 0.5) is 5.69 Å². The van der Waals surface area contributed by atoms with Gasteiger partial charge in [0.25, 0.3) is 0 Å². The molecule has 33 heavy (non-hydrogen) atoms. The topological polar surface area (TPSA) is 84.9 Å². The van der Waals surface area contributed by atoms with Crippen LogP contribution in [0.25, 0.3) is 0 Å². The maximum atomic E-state index is 13.0. The van der Waals surface area contributed by atoms with Crippen molar-refractivity contribution in [1.29, 1.82) is 0 Å². The fourth-order valence-corrected chi connectivity index (χ4v) is 4.58. The van der Waals surface area contributed by atoms with Crippen LogP contribution in [-0.2, 0) is 14.8 Å². The SMILES string of the molecule is COc1ccc([C@H](C)NC(=O)[C@@H](C)N(c2ccc(Oc3ccccc3)cc2)S(C)(=O)=O)cc1. The number of anilines is 1. The van der Waals surface area contributed by atoms with E-state index in [0.29, 0.717) is 22.9 Å². The van der Waals surface area contributed by atoms with Crippen molar-refractivity contribution in [2.45, 2.75) is 25.9 Å². The first-order valence-corrected chi connectivity index (χ1v) is 12.3. The van der Waals surface area contributed by atoms with Crippen molar-refractivity contribution in [2.24, 2.45) is 0 Å². The second kappa shape index (κ2) is 10.4. The predicted molar refractivity (Wildman–Crippen MR) is 129 cm³/mol. The first-order chi connectivity index (χ1) is 15.7. The van der Waals surface area contributed by atoms with E-state index in [2.05, 4.69) is 5.32 Å². The lowest BCUT2D eigenvalue weighted by Crippen LogP contribution is -2.48.